The fourth-order valence-electron chi connectivity index (χ4n) is 2.31. The number of fused-ring (bicyclic) bond motifs is 1. The Kier molecular flexibility index (Phi) is 3.62. The Morgan fingerprint density at radius 1 is 1.41 bits per heavy atom. The standard InChI is InChI=1S/C15H18O2/c1-11(10-17-12(2)16)14-9-5-7-13-6-3-4-8-15(13)14/h3-4,6,8-9,11H,5,7,10H2,1-2H3. The molecule has 0 fully saturated rings. The van der Waals surface area contributed by atoms with Gasteiger partial charge in [-0.3, -0.25) is 4.79 Å². The van der Waals surface area contributed by atoms with Crippen LogP contribution >= 0.6 is 0 Å². The van der Waals surface area contributed by atoms with Crippen LogP contribution in [0.15, 0.2) is 30.3 Å². The lowest BCUT2D eigenvalue weighted by atomic mass is 9.85. The van der Waals surface area contributed by atoms with Crippen molar-refractivity contribution in [2.24, 2.45) is 5.92 Å². The first-order valence-electron chi connectivity index (χ1n) is 6.10. The van der Waals surface area contributed by atoms with E-state index in [1.807, 2.05) is 0 Å². The number of ether oxygens (including phenoxy) is 1. The van der Waals surface area contributed by atoms with E-state index in [1.54, 1.807) is 0 Å². The number of hydrogen-bond donors (Lipinski definition) is 0. The number of rotatable bonds is 3. The number of benzene rings is 1. The molecular formula is C15H18O2. The van der Waals surface area contributed by atoms with E-state index in [2.05, 4.69) is 37.3 Å². The van der Waals surface area contributed by atoms with Crippen molar-refractivity contribution in [1.29, 1.82) is 0 Å². The van der Waals surface area contributed by atoms with E-state index in [1.165, 1.54) is 23.6 Å². The Bertz CT molecular complexity index is 446. The zero-order valence-electron chi connectivity index (χ0n) is 10.4. The second kappa shape index (κ2) is 5.17. The molecule has 1 atom stereocenters. The molecule has 2 rings (SSSR count). The van der Waals surface area contributed by atoms with Gasteiger partial charge in [-0.1, -0.05) is 37.3 Å². The van der Waals surface area contributed by atoms with E-state index in [0.29, 0.717) is 6.61 Å². The molecule has 1 aliphatic carbocycles. The quantitative estimate of drug-likeness (QED) is 0.745. The summed E-state index contributed by atoms with van der Waals surface area (Å²) >= 11 is 0. The summed E-state index contributed by atoms with van der Waals surface area (Å²) in [5, 5.41) is 0. The summed E-state index contributed by atoms with van der Waals surface area (Å²) in [5.74, 6) is 0.0573. The third-order valence-electron chi connectivity index (χ3n) is 3.17. The Hall–Kier alpha value is -1.57. The summed E-state index contributed by atoms with van der Waals surface area (Å²) in [4.78, 5) is 10.8. The number of esters is 1. The van der Waals surface area contributed by atoms with Gasteiger partial charge in [-0.05, 0) is 29.5 Å². The first kappa shape index (κ1) is 11.9. The van der Waals surface area contributed by atoms with Crippen LogP contribution in [0.3, 0.4) is 0 Å². The lowest BCUT2D eigenvalue weighted by Gasteiger charge is -2.22. The van der Waals surface area contributed by atoms with Gasteiger partial charge in [0.15, 0.2) is 0 Å². The van der Waals surface area contributed by atoms with E-state index in [-0.39, 0.29) is 11.9 Å². The van der Waals surface area contributed by atoms with Crippen molar-refractivity contribution in [3.05, 3.63) is 41.5 Å². The van der Waals surface area contributed by atoms with Crippen LogP contribution in [-0.2, 0) is 16.0 Å². The van der Waals surface area contributed by atoms with Crippen molar-refractivity contribution >= 4 is 11.5 Å². The Labute approximate surface area is 102 Å². The number of carbonyl (C=O) groups excluding carboxylic acids is 1. The number of aryl methyl sites for hydroxylation is 1. The molecule has 90 valence electrons. The molecule has 1 unspecified atom stereocenters. The van der Waals surface area contributed by atoms with Crippen LogP contribution in [-0.4, -0.2) is 12.6 Å². The minimum Gasteiger partial charge on any atom is -0.465 e. The minimum atomic E-state index is -0.207. The lowest BCUT2D eigenvalue weighted by molar-refractivity contribution is -0.141. The molecule has 0 amide bonds. The Morgan fingerprint density at radius 3 is 2.94 bits per heavy atom. The monoisotopic (exact) mass is 230 g/mol. The molecule has 2 nitrogen and oxygen atoms in total. The topological polar surface area (TPSA) is 26.3 Å². The molecule has 0 aliphatic heterocycles. The first-order valence-corrected chi connectivity index (χ1v) is 6.10. The van der Waals surface area contributed by atoms with Crippen molar-refractivity contribution in [1.82, 2.24) is 0 Å². The summed E-state index contributed by atoms with van der Waals surface area (Å²) in [6.07, 6.45) is 4.47. The molecule has 1 aromatic rings. The van der Waals surface area contributed by atoms with E-state index in [0.717, 1.165) is 12.8 Å². The van der Waals surface area contributed by atoms with Crippen molar-refractivity contribution in [3.63, 3.8) is 0 Å². The molecule has 0 saturated heterocycles. The molecule has 17 heavy (non-hydrogen) atoms. The van der Waals surface area contributed by atoms with Gasteiger partial charge in [0, 0.05) is 12.8 Å². The van der Waals surface area contributed by atoms with Crippen molar-refractivity contribution in [3.8, 4) is 0 Å². The van der Waals surface area contributed by atoms with Gasteiger partial charge in [0.05, 0.1) is 6.61 Å². The molecular weight excluding hydrogens is 212 g/mol. The second-order valence-electron chi connectivity index (χ2n) is 4.56. The minimum absolute atomic E-state index is 0.207. The molecule has 1 aromatic carbocycles. The Morgan fingerprint density at radius 2 is 2.18 bits per heavy atom. The zero-order valence-corrected chi connectivity index (χ0v) is 10.4. The molecule has 2 heteroatoms. The van der Waals surface area contributed by atoms with Gasteiger partial charge in [-0.15, -0.1) is 0 Å². The van der Waals surface area contributed by atoms with Crippen molar-refractivity contribution < 1.29 is 9.53 Å². The molecule has 0 radical (unpaired) electrons. The fraction of sp³-hybridized carbons (Fsp3) is 0.400. The molecule has 0 saturated carbocycles. The highest BCUT2D eigenvalue weighted by atomic mass is 16.5. The molecule has 1 aliphatic rings. The SMILES string of the molecule is CC(=O)OCC(C)C1=CCCc2ccccc21. The number of carbonyl (C=O) groups is 1. The van der Waals surface area contributed by atoms with Gasteiger partial charge in [-0.2, -0.15) is 0 Å². The van der Waals surface area contributed by atoms with Gasteiger partial charge in [0.1, 0.15) is 0 Å². The average molecular weight is 230 g/mol. The lowest BCUT2D eigenvalue weighted by Crippen LogP contribution is -2.13. The van der Waals surface area contributed by atoms with Crippen LogP contribution in [0.5, 0.6) is 0 Å². The normalized spacial score (nSPS) is 15.8. The van der Waals surface area contributed by atoms with Gasteiger partial charge in [0.25, 0.3) is 0 Å². The molecule has 0 aromatic heterocycles. The maximum Gasteiger partial charge on any atom is 0.302 e. The van der Waals surface area contributed by atoms with Crippen LogP contribution in [0.1, 0.15) is 31.4 Å². The van der Waals surface area contributed by atoms with E-state index >= 15 is 0 Å². The van der Waals surface area contributed by atoms with Crippen molar-refractivity contribution in [2.75, 3.05) is 6.61 Å². The maximum absolute atomic E-state index is 10.8. The fourth-order valence-corrected chi connectivity index (χ4v) is 2.31. The predicted octanol–water partition coefficient (Wildman–Crippen LogP) is 3.22. The maximum atomic E-state index is 10.8. The van der Waals surface area contributed by atoms with Gasteiger partial charge in [-0.25, -0.2) is 0 Å². The highest BCUT2D eigenvalue weighted by Crippen LogP contribution is 2.31. The summed E-state index contributed by atoms with van der Waals surface area (Å²) in [6, 6.07) is 8.49. The van der Waals surface area contributed by atoms with Gasteiger partial charge < -0.3 is 4.74 Å². The number of hydrogen-bond acceptors (Lipinski definition) is 2. The summed E-state index contributed by atoms with van der Waals surface area (Å²) < 4.78 is 5.09. The van der Waals surface area contributed by atoms with Crippen LogP contribution in [0.25, 0.3) is 5.57 Å². The molecule has 0 spiro atoms. The summed E-state index contributed by atoms with van der Waals surface area (Å²) in [6.45, 7) is 4.03. The van der Waals surface area contributed by atoms with Crippen LogP contribution in [0.4, 0.5) is 0 Å². The van der Waals surface area contributed by atoms with Crippen LogP contribution in [0, 0.1) is 5.92 Å². The molecule has 0 N–H and O–H groups in total. The van der Waals surface area contributed by atoms with Crippen LogP contribution in [0.2, 0.25) is 0 Å². The second-order valence-corrected chi connectivity index (χ2v) is 4.56. The highest BCUT2D eigenvalue weighted by Gasteiger charge is 2.17. The Balaban J connectivity index is 2.16. The third-order valence-corrected chi connectivity index (χ3v) is 3.17. The molecule has 0 bridgehead atoms. The summed E-state index contributed by atoms with van der Waals surface area (Å²) in [5.41, 5.74) is 4.03. The van der Waals surface area contributed by atoms with Crippen LogP contribution < -0.4 is 0 Å². The summed E-state index contributed by atoms with van der Waals surface area (Å²) in [7, 11) is 0. The molecule has 0 heterocycles. The van der Waals surface area contributed by atoms with Gasteiger partial charge in [0.2, 0.25) is 0 Å². The van der Waals surface area contributed by atoms with E-state index in [9.17, 15) is 4.79 Å². The highest BCUT2D eigenvalue weighted by molar-refractivity contribution is 5.72. The first-order chi connectivity index (χ1) is 8.18. The predicted molar refractivity (Wildman–Crippen MR) is 68.5 cm³/mol. The number of allylic oxidation sites excluding steroid dienone is 1. The van der Waals surface area contributed by atoms with Crippen molar-refractivity contribution in [2.45, 2.75) is 26.7 Å². The smallest absolute Gasteiger partial charge is 0.302 e. The van der Waals surface area contributed by atoms with E-state index in [4.69, 9.17) is 4.74 Å². The largest absolute Gasteiger partial charge is 0.465 e. The zero-order chi connectivity index (χ0) is 12.3. The third kappa shape index (κ3) is 2.76. The van der Waals surface area contributed by atoms with Gasteiger partial charge >= 0.3 is 5.97 Å². The average Bonchev–Trinajstić information content (AvgIpc) is 2.35. The van der Waals surface area contributed by atoms with E-state index < -0.39 is 0 Å².